The van der Waals surface area contributed by atoms with E-state index in [-0.39, 0.29) is 12.1 Å². The summed E-state index contributed by atoms with van der Waals surface area (Å²) in [7, 11) is 2.00. The number of ether oxygens (including phenoxy) is 1. The average molecular weight is 484 g/mol. The summed E-state index contributed by atoms with van der Waals surface area (Å²) in [4.78, 5) is 24.7. The first kappa shape index (κ1) is 22.0. The molecule has 1 amide bonds. The number of benzene rings is 1. The molecule has 4 heterocycles. The molecule has 0 saturated carbocycles. The Kier molecular flexibility index (Phi) is 5.88. The normalized spacial score (nSPS) is 16.3. The molecule has 1 aliphatic rings. The Morgan fingerprint density at radius 3 is 2.76 bits per heavy atom. The molecule has 1 fully saturated rings. The minimum Gasteiger partial charge on any atom is -0.449 e. The molecule has 0 N–H and O–H groups in total. The number of thiazole rings is 1. The summed E-state index contributed by atoms with van der Waals surface area (Å²) < 4.78 is 9.45. The lowest BCUT2D eigenvalue weighted by atomic mass is 10.1. The molecule has 1 unspecified atom stereocenters. The molecule has 7 nitrogen and oxygen atoms in total. The van der Waals surface area contributed by atoms with Gasteiger partial charge in [-0.2, -0.15) is 0 Å². The second-order valence-corrected chi connectivity index (χ2v) is 10.00. The highest BCUT2D eigenvalue weighted by molar-refractivity contribution is 7.15. The van der Waals surface area contributed by atoms with Gasteiger partial charge < -0.3 is 9.30 Å². The van der Waals surface area contributed by atoms with Gasteiger partial charge in [0.25, 0.3) is 0 Å². The Morgan fingerprint density at radius 2 is 2.03 bits per heavy atom. The maximum Gasteiger partial charge on any atom is 0.410 e. The standard InChI is InChI=1S/C24H26ClN5O2S/c1-15(2)14-32-24(31)29-10-4-5-18(29)22-26-13-19(28(22)3)16-6-8-17(9-7-16)20-21(25)30-11-12-33-23(30)27-20/h6-9,11-13,15,18H,4-5,10,14H2,1-3H3. The molecule has 33 heavy (non-hydrogen) atoms. The van der Waals surface area contributed by atoms with Crippen molar-refractivity contribution in [2.45, 2.75) is 32.7 Å². The zero-order valence-corrected chi connectivity index (χ0v) is 20.4. The average Bonchev–Trinajstić information content (AvgIpc) is 3.58. The molecule has 1 aromatic carbocycles. The number of hydrogen-bond donors (Lipinski definition) is 0. The summed E-state index contributed by atoms with van der Waals surface area (Å²) in [5.41, 5.74) is 3.79. The Hall–Kier alpha value is -2.84. The highest BCUT2D eigenvalue weighted by atomic mass is 35.5. The Bertz CT molecular complexity index is 1290. The van der Waals surface area contributed by atoms with Gasteiger partial charge in [0, 0.05) is 30.7 Å². The topological polar surface area (TPSA) is 64.7 Å². The van der Waals surface area contributed by atoms with Crippen molar-refractivity contribution >= 4 is 34.0 Å². The molecule has 0 radical (unpaired) electrons. The molecule has 1 aliphatic heterocycles. The molecule has 9 heteroatoms. The van der Waals surface area contributed by atoms with Crippen LogP contribution >= 0.6 is 22.9 Å². The second kappa shape index (κ2) is 8.83. The van der Waals surface area contributed by atoms with Crippen molar-refractivity contribution in [1.29, 1.82) is 0 Å². The summed E-state index contributed by atoms with van der Waals surface area (Å²) in [5.74, 6) is 1.19. The van der Waals surface area contributed by atoms with Gasteiger partial charge in [-0.3, -0.25) is 9.30 Å². The number of nitrogens with zero attached hydrogens (tertiary/aromatic N) is 5. The van der Waals surface area contributed by atoms with Crippen LogP contribution in [0.4, 0.5) is 4.79 Å². The lowest BCUT2D eigenvalue weighted by Crippen LogP contribution is -2.33. The molecule has 5 rings (SSSR count). The number of fused-ring (bicyclic) bond motifs is 1. The predicted octanol–water partition coefficient (Wildman–Crippen LogP) is 6.05. The molecular formula is C24H26ClN5O2S. The number of rotatable bonds is 5. The van der Waals surface area contributed by atoms with Crippen molar-refractivity contribution in [1.82, 2.24) is 23.8 Å². The first-order valence-electron chi connectivity index (χ1n) is 11.1. The molecule has 0 spiro atoms. The zero-order chi connectivity index (χ0) is 23.1. The number of likely N-dealkylation sites (tertiary alicyclic amines) is 1. The second-order valence-electron chi connectivity index (χ2n) is 8.77. The van der Waals surface area contributed by atoms with E-state index < -0.39 is 0 Å². The van der Waals surface area contributed by atoms with Gasteiger partial charge >= 0.3 is 6.09 Å². The van der Waals surface area contributed by atoms with E-state index in [4.69, 9.17) is 21.3 Å². The van der Waals surface area contributed by atoms with Crippen LogP contribution in [0.25, 0.3) is 27.5 Å². The smallest absolute Gasteiger partial charge is 0.410 e. The zero-order valence-electron chi connectivity index (χ0n) is 18.9. The van der Waals surface area contributed by atoms with Crippen LogP contribution in [0.1, 0.15) is 38.6 Å². The Morgan fingerprint density at radius 1 is 1.27 bits per heavy atom. The number of imidazole rings is 2. The van der Waals surface area contributed by atoms with Gasteiger partial charge in [0.15, 0.2) is 4.96 Å². The van der Waals surface area contributed by atoms with Crippen LogP contribution in [0.15, 0.2) is 42.0 Å². The number of aromatic nitrogens is 4. The number of halogens is 1. The van der Waals surface area contributed by atoms with Crippen LogP contribution in [0, 0.1) is 5.92 Å². The molecule has 4 aromatic rings. The molecule has 172 valence electrons. The van der Waals surface area contributed by atoms with Crippen LogP contribution in [-0.2, 0) is 11.8 Å². The highest BCUT2D eigenvalue weighted by Gasteiger charge is 2.34. The van der Waals surface area contributed by atoms with Crippen molar-refractivity contribution in [3.05, 3.63) is 53.0 Å². The third-order valence-corrected chi connectivity index (χ3v) is 7.13. The monoisotopic (exact) mass is 483 g/mol. The molecule has 3 aromatic heterocycles. The summed E-state index contributed by atoms with van der Waals surface area (Å²) in [5, 5.41) is 2.59. The lowest BCUT2D eigenvalue weighted by Gasteiger charge is -2.24. The van der Waals surface area contributed by atoms with Crippen LogP contribution < -0.4 is 0 Å². The van der Waals surface area contributed by atoms with Gasteiger partial charge in [-0.05, 0) is 24.3 Å². The minimum atomic E-state index is -0.253. The molecule has 1 saturated heterocycles. The van der Waals surface area contributed by atoms with Gasteiger partial charge in [0.1, 0.15) is 16.7 Å². The van der Waals surface area contributed by atoms with Crippen molar-refractivity contribution in [3.8, 4) is 22.5 Å². The molecule has 0 aliphatic carbocycles. The van der Waals surface area contributed by atoms with Gasteiger partial charge in [-0.15, -0.1) is 11.3 Å². The first-order valence-corrected chi connectivity index (χ1v) is 12.4. The fraction of sp³-hybridized carbons (Fsp3) is 0.375. The maximum absolute atomic E-state index is 12.6. The number of carbonyl (C=O) groups excluding carboxylic acids is 1. The van der Waals surface area contributed by atoms with E-state index in [9.17, 15) is 4.79 Å². The third-order valence-electron chi connectivity index (χ3n) is 6.01. The van der Waals surface area contributed by atoms with Crippen molar-refractivity contribution in [3.63, 3.8) is 0 Å². The van der Waals surface area contributed by atoms with E-state index in [1.54, 1.807) is 11.3 Å². The minimum absolute atomic E-state index is 0.0695. The van der Waals surface area contributed by atoms with Crippen molar-refractivity contribution in [2.75, 3.05) is 13.2 Å². The van der Waals surface area contributed by atoms with E-state index in [1.165, 1.54) is 0 Å². The fourth-order valence-corrected chi connectivity index (χ4v) is 5.37. The Balaban J connectivity index is 1.38. The van der Waals surface area contributed by atoms with Crippen LogP contribution in [0.3, 0.4) is 0 Å². The first-order chi connectivity index (χ1) is 15.9. The van der Waals surface area contributed by atoms with Crippen LogP contribution in [-0.4, -0.2) is 43.1 Å². The molecule has 0 bridgehead atoms. The molecule has 1 atom stereocenters. The number of hydrogen-bond acceptors (Lipinski definition) is 5. The third kappa shape index (κ3) is 4.02. The lowest BCUT2D eigenvalue weighted by molar-refractivity contribution is 0.0866. The van der Waals surface area contributed by atoms with E-state index in [2.05, 4.69) is 21.7 Å². The fourth-order valence-electron chi connectivity index (χ4n) is 4.32. The molecular weight excluding hydrogens is 458 g/mol. The predicted molar refractivity (Wildman–Crippen MR) is 131 cm³/mol. The summed E-state index contributed by atoms with van der Waals surface area (Å²) in [6, 6.07) is 8.11. The Labute approximate surface area is 201 Å². The van der Waals surface area contributed by atoms with Gasteiger partial charge in [0.2, 0.25) is 0 Å². The maximum atomic E-state index is 12.6. The van der Waals surface area contributed by atoms with Crippen LogP contribution in [0.5, 0.6) is 0 Å². The van der Waals surface area contributed by atoms with Crippen LogP contribution in [0.2, 0.25) is 5.15 Å². The largest absolute Gasteiger partial charge is 0.449 e. The van der Waals surface area contributed by atoms with Gasteiger partial charge in [0.05, 0.1) is 24.5 Å². The van der Waals surface area contributed by atoms with Crippen molar-refractivity contribution in [2.24, 2.45) is 13.0 Å². The van der Waals surface area contributed by atoms with E-state index in [0.717, 1.165) is 46.1 Å². The van der Waals surface area contributed by atoms with Crippen molar-refractivity contribution < 1.29 is 9.53 Å². The summed E-state index contributed by atoms with van der Waals surface area (Å²) in [6.45, 7) is 5.20. The highest BCUT2D eigenvalue weighted by Crippen LogP contribution is 2.35. The SMILES string of the molecule is CC(C)COC(=O)N1CCCC1c1ncc(-c2ccc(-c3nc4sccn4c3Cl)cc2)n1C. The number of amides is 1. The summed E-state index contributed by atoms with van der Waals surface area (Å²) >= 11 is 8.08. The van der Waals surface area contributed by atoms with E-state index >= 15 is 0 Å². The van der Waals surface area contributed by atoms with Gasteiger partial charge in [-0.25, -0.2) is 14.8 Å². The number of carbonyl (C=O) groups is 1. The summed E-state index contributed by atoms with van der Waals surface area (Å²) in [6.07, 6.45) is 5.38. The van der Waals surface area contributed by atoms with E-state index in [1.807, 2.05) is 60.1 Å². The quantitative estimate of drug-likeness (QED) is 0.347. The van der Waals surface area contributed by atoms with Gasteiger partial charge in [-0.1, -0.05) is 49.7 Å². The van der Waals surface area contributed by atoms with E-state index in [0.29, 0.717) is 24.2 Å².